The largest absolute Gasteiger partial charge is 0.546 e. The van der Waals surface area contributed by atoms with Gasteiger partial charge in [-0.2, -0.15) is 5.26 Å². The molecule has 0 heterocycles. The monoisotopic (exact) mass is 376 g/mol. The van der Waals surface area contributed by atoms with Crippen molar-refractivity contribution in [3.63, 3.8) is 0 Å². The molecule has 25 heavy (non-hydrogen) atoms. The van der Waals surface area contributed by atoms with E-state index < -0.39 is 12.1 Å². The Bertz CT molecular complexity index is 845. The molecule has 0 saturated carbocycles. The minimum absolute atomic E-state index is 0.0223. The van der Waals surface area contributed by atoms with Crippen molar-refractivity contribution in [3.8, 4) is 17.6 Å². The normalized spacial score (nSPS) is 11.2. The van der Waals surface area contributed by atoms with Gasteiger partial charge in [-0.3, -0.25) is 0 Å². The number of carbonyl (C=O) groups is 1. The Morgan fingerprint density at radius 2 is 2.04 bits per heavy atom. The van der Waals surface area contributed by atoms with Crippen LogP contribution in [-0.4, -0.2) is 12.6 Å². The Kier molecular flexibility index (Phi) is 6.29. The van der Waals surface area contributed by atoms with Gasteiger partial charge in [0.15, 0.2) is 6.10 Å². The lowest BCUT2D eigenvalue weighted by molar-refractivity contribution is -0.314. The maximum atomic E-state index is 11.5. The summed E-state index contributed by atoms with van der Waals surface area (Å²) in [7, 11) is 0. The lowest BCUT2D eigenvalue weighted by Crippen LogP contribution is -2.33. The average molecular weight is 377 g/mol. The molecule has 0 spiro atoms. The zero-order chi connectivity index (χ0) is 18.4. The third kappa shape index (κ3) is 4.44. The molecule has 2 aromatic rings. The van der Waals surface area contributed by atoms with Gasteiger partial charge < -0.3 is 19.4 Å². The summed E-state index contributed by atoms with van der Waals surface area (Å²) in [6.07, 6.45) is 0.00639. The van der Waals surface area contributed by atoms with Crippen LogP contribution in [0.1, 0.15) is 17.2 Å². The van der Waals surface area contributed by atoms with E-state index in [9.17, 15) is 15.2 Å². The van der Waals surface area contributed by atoms with Crippen LogP contribution in [0.4, 0.5) is 0 Å². The van der Waals surface area contributed by atoms with E-state index >= 15 is 0 Å². The smallest absolute Gasteiger partial charge is 0.165 e. The fourth-order valence-corrected chi connectivity index (χ4v) is 2.53. The van der Waals surface area contributed by atoms with Crippen LogP contribution < -0.4 is 14.6 Å². The van der Waals surface area contributed by atoms with Crippen molar-refractivity contribution in [1.29, 1.82) is 5.26 Å². The molecule has 0 aliphatic carbocycles. The van der Waals surface area contributed by atoms with Crippen molar-refractivity contribution < 1.29 is 19.4 Å². The average Bonchev–Trinajstić information content (AvgIpc) is 2.58. The number of hydrogen-bond donors (Lipinski definition) is 0. The maximum absolute atomic E-state index is 11.5. The first-order valence-electron chi connectivity index (χ1n) is 7.07. The van der Waals surface area contributed by atoms with Crippen molar-refractivity contribution in [2.75, 3.05) is 6.61 Å². The minimum Gasteiger partial charge on any atom is -0.546 e. The highest BCUT2D eigenvalue weighted by Crippen LogP contribution is 2.35. The SMILES string of the molecule is C=CCOc1cc(Cl)c(C#N)c(OC(C(=O)[O-])c2ccccc2Cl)c1. The first-order valence-corrected chi connectivity index (χ1v) is 7.82. The molecule has 2 rings (SSSR count). The number of ether oxygens (including phenoxy) is 2. The Morgan fingerprint density at radius 1 is 1.32 bits per heavy atom. The van der Waals surface area contributed by atoms with Crippen molar-refractivity contribution in [2.45, 2.75) is 6.10 Å². The van der Waals surface area contributed by atoms with Crippen LogP contribution in [0.15, 0.2) is 49.1 Å². The molecule has 128 valence electrons. The number of aliphatic carboxylic acids is 1. The van der Waals surface area contributed by atoms with Crippen molar-refractivity contribution in [2.24, 2.45) is 0 Å². The summed E-state index contributed by atoms with van der Waals surface area (Å²) in [6, 6.07) is 11.0. The quantitative estimate of drug-likeness (QED) is 0.692. The van der Waals surface area contributed by atoms with Crippen LogP contribution >= 0.6 is 23.2 Å². The van der Waals surface area contributed by atoms with Gasteiger partial charge in [-0.1, -0.05) is 54.1 Å². The minimum atomic E-state index is -1.52. The molecule has 1 unspecified atom stereocenters. The maximum Gasteiger partial charge on any atom is 0.165 e. The van der Waals surface area contributed by atoms with Gasteiger partial charge in [0.25, 0.3) is 0 Å². The number of rotatable bonds is 7. The number of carboxylic acids is 1. The van der Waals surface area contributed by atoms with Gasteiger partial charge in [0.2, 0.25) is 0 Å². The van der Waals surface area contributed by atoms with Gasteiger partial charge >= 0.3 is 0 Å². The number of nitriles is 1. The Hall–Kier alpha value is -2.68. The molecule has 0 aliphatic heterocycles. The molecule has 0 saturated heterocycles. The highest BCUT2D eigenvalue weighted by molar-refractivity contribution is 6.32. The molecule has 0 radical (unpaired) electrons. The van der Waals surface area contributed by atoms with E-state index in [1.807, 2.05) is 6.07 Å². The van der Waals surface area contributed by atoms with Gasteiger partial charge in [0, 0.05) is 22.7 Å². The summed E-state index contributed by atoms with van der Waals surface area (Å²) in [5.41, 5.74) is 0.174. The number of carboxylic acid groups (broad SMARTS) is 1. The van der Waals surface area contributed by atoms with E-state index in [2.05, 4.69) is 6.58 Å². The van der Waals surface area contributed by atoms with Crippen LogP contribution in [0.2, 0.25) is 10.0 Å². The fraction of sp³-hybridized carbons (Fsp3) is 0.111. The third-order valence-electron chi connectivity index (χ3n) is 3.15. The Labute approximate surface area is 154 Å². The van der Waals surface area contributed by atoms with Crippen molar-refractivity contribution in [3.05, 3.63) is 70.2 Å². The Balaban J connectivity index is 2.46. The van der Waals surface area contributed by atoms with E-state index in [4.69, 9.17) is 32.7 Å². The van der Waals surface area contributed by atoms with E-state index in [-0.39, 0.29) is 33.5 Å². The van der Waals surface area contributed by atoms with Gasteiger partial charge in [0.05, 0.1) is 11.0 Å². The third-order valence-corrected chi connectivity index (χ3v) is 3.80. The molecular weight excluding hydrogens is 365 g/mol. The second-order valence-corrected chi connectivity index (χ2v) is 5.64. The van der Waals surface area contributed by atoms with Gasteiger partial charge in [-0.05, 0) is 6.07 Å². The van der Waals surface area contributed by atoms with E-state index in [0.717, 1.165) is 0 Å². The number of carbonyl (C=O) groups excluding carboxylic acids is 1. The number of hydrogen-bond acceptors (Lipinski definition) is 5. The first-order chi connectivity index (χ1) is 12.0. The number of benzene rings is 2. The van der Waals surface area contributed by atoms with E-state index in [1.54, 1.807) is 12.1 Å². The first kappa shape index (κ1) is 18.7. The summed E-state index contributed by atoms with van der Waals surface area (Å²) in [6.45, 7) is 3.74. The molecule has 1 atom stereocenters. The molecule has 0 amide bonds. The molecule has 0 aromatic heterocycles. The standard InChI is InChI=1S/C18H13Cl2NO4/c1-2-7-24-11-8-15(20)13(10-21)16(9-11)25-17(18(22)23)12-5-3-4-6-14(12)19/h2-6,8-9,17H,1,7H2,(H,22,23)/p-1. The van der Waals surface area contributed by atoms with Crippen LogP contribution in [0.25, 0.3) is 0 Å². The van der Waals surface area contributed by atoms with Crippen LogP contribution in [0.3, 0.4) is 0 Å². The summed E-state index contributed by atoms with van der Waals surface area (Å²) in [5.74, 6) is -1.26. The highest BCUT2D eigenvalue weighted by Gasteiger charge is 2.21. The molecule has 0 fully saturated rings. The second kappa shape index (κ2) is 8.43. The molecule has 0 bridgehead atoms. The van der Waals surface area contributed by atoms with E-state index in [1.165, 1.54) is 30.3 Å². The predicted octanol–water partition coefficient (Wildman–Crippen LogP) is 3.30. The van der Waals surface area contributed by atoms with Crippen molar-refractivity contribution in [1.82, 2.24) is 0 Å². The number of halogens is 2. The summed E-state index contributed by atoms with van der Waals surface area (Å²) in [5, 5.41) is 21.1. The van der Waals surface area contributed by atoms with Crippen LogP contribution in [-0.2, 0) is 4.79 Å². The van der Waals surface area contributed by atoms with Crippen molar-refractivity contribution >= 4 is 29.2 Å². The number of nitrogens with zero attached hydrogens (tertiary/aromatic N) is 1. The van der Waals surface area contributed by atoms with Crippen LogP contribution in [0, 0.1) is 11.3 Å². The van der Waals surface area contributed by atoms with Gasteiger partial charge in [-0.25, -0.2) is 0 Å². The highest BCUT2D eigenvalue weighted by atomic mass is 35.5. The predicted molar refractivity (Wildman–Crippen MR) is 91.7 cm³/mol. The molecule has 5 nitrogen and oxygen atoms in total. The summed E-state index contributed by atoms with van der Waals surface area (Å²) in [4.78, 5) is 11.5. The molecule has 2 aromatic carbocycles. The van der Waals surface area contributed by atoms with Crippen LogP contribution in [0.5, 0.6) is 11.5 Å². The lowest BCUT2D eigenvalue weighted by atomic mass is 10.1. The summed E-state index contributed by atoms with van der Waals surface area (Å²) >= 11 is 12.1. The molecule has 7 heteroatoms. The Morgan fingerprint density at radius 3 is 2.64 bits per heavy atom. The second-order valence-electron chi connectivity index (χ2n) is 4.83. The molecule has 0 aliphatic rings. The zero-order valence-electron chi connectivity index (χ0n) is 12.9. The molecular formula is C18H12Cl2NO4-. The lowest BCUT2D eigenvalue weighted by Gasteiger charge is -2.22. The fourth-order valence-electron chi connectivity index (χ4n) is 2.05. The molecule has 0 N–H and O–H groups in total. The zero-order valence-corrected chi connectivity index (χ0v) is 14.4. The summed E-state index contributed by atoms with van der Waals surface area (Å²) < 4.78 is 10.9. The van der Waals surface area contributed by atoms with Gasteiger partial charge in [0.1, 0.15) is 29.7 Å². The van der Waals surface area contributed by atoms with E-state index in [0.29, 0.717) is 5.75 Å². The van der Waals surface area contributed by atoms with Gasteiger partial charge in [-0.15, -0.1) is 0 Å². The topological polar surface area (TPSA) is 82.4 Å².